The van der Waals surface area contributed by atoms with Crippen LogP contribution in [0.15, 0.2) is 0 Å². The highest BCUT2D eigenvalue weighted by Gasteiger charge is 1.93. The molecule has 8 heavy (non-hydrogen) atoms. The van der Waals surface area contributed by atoms with Crippen LogP contribution in [0.4, 0.5) is 4.79 Å². The number of nitrogens with one attached hydrogen (secondary N) is 1. The van der Waals surface area contributed by atoms with Gasteiger partial charge in [0.2, 0.25) is 0 Å². The molecular weight excluding hydrogens is 110 g/mol. The van der Waals surface area contributed by atoms with Gasteiger partial charge in [-0.2, -0.15) is 4.89 Å². The van der Waals surface area contributed by atoms with Crippen molar-refractivity contribution in [3.05, 3.63) is 0 Å². The maximum atomic E-state index is 10.1. The first kappa shape index (κ1) is 7.23. The summed E-state index contributed by atoms with van der Waals surface area (Å²) in [6, 6.07) is 0. The second-order valence-electron chi connectivity index (χ2n) is 1.03. The molecule has 0 bridgehead atoms. The zero-order valence-corrected chi connectivity index (χ0v) is 4.93. The molecule has 4 nitrogen and oxygen atoms in total. The standard InChI is InChI=1S/C4H9NO3/c1-3-7-8-4(6)5-2/h3H2,1-2H3,(H,5,6). The summed E-state index contributed by atoms with van der Waals surface area (Å²) in [5, 5.41) is 2.21. The predicted molar refractivity (Wildman–Crippen MR) is 27.2 cm³/mol. The van der Waals surface area contributed by atoms with Crippen LogP contribution >= 0.6 is 0 Å². The fraction of sp³-hybridized carbons (Fsp3) is 0.750. The molecule has 1 amide bonds. The lowest BCUT2D eigenvalue weighted by Crippen LogP contribution is -2.19. The number of carbonyl (C=O) groups excluding carboxylic acids is 1. The number of hydrogen-bond donors (Lipinski definition) is 1. The Morgan fingerprint density at radius 3 is 2.75 bits per heavy atom. The van der Waals surface area contributed by atoms with Gasteiger partial charge in [-0.15, -0.1) is 0 Å². The summed E-state index contributed by atoms with van der Waals surface area (Å²) in [6.07, 6.45) is -0.577. The monoisotopic (exact) mass is 119 g/mol. The van der Waals surface area contributed by atoms with Gasteiger partial charge in [-0.3, -0.25) is 4.89 Å². The molecule has 0 aliphatic rings. The molecule has 4 heteroatoms. The van der Waals surface area contributed by atoms with Gasteiger partial charge in [-0.25, -0.2) is 4.79 Å². The number of amides is 1. The van der Waals surface area contributed by atoms with Crippen molar-refractivity contribution in [1.29, 1.82) is 0 Å². The van der Waals surface area contributed by atoms with Crippen molar-refractivity contribution in [2.45, 2.75) is 6.92 Å². The minimum atomic E-state index is -0.577. The van der Waals surface area contributed by atoms with Crippen molar-refractivity contribution < 1.29 is 14.6 Å². The van der Waals surface area contributed by atoms with Crippen LogP contribution in [0.1, 0.15) is 6.92 Å². The van der Waals surface area contributed by atoms with Crippen LogP contribution in [0.25, 0.3) is 0 Å². The van der Waals surface area contributed by atoms with Crippen molar-refractivity contribution in [2.24, 2.45) is 0 Å². The van der Waals surface area contributed by atoms with Crippen LogP contribution in [-0.2, 0) is 9.78 Å². The van der Waals surface area contributed by atoms with Crippen LogP contribution in [0.3, 0.4) is 0 Å². The summed E-state index contributed by atoms with van der Waals surface area (Å²) in [7, 11) is 1.46. The SMILES string of the molecule is CCOOC(=O)NC. The van der Waals surface area contributed by atoms with Gasteiger partial charge >= 0.3 is 6.09 Å². The quantitative estimate of drug-likeness (QED) is 0.420. The molecular formula is C4H9NO3. The minimum Gasteiger partial charge on any atom is -0.322 e. The van der Waals surface area contributed by atoms with E-state index in [9.17, 15) is 4.79 Å². The Hall–Kier alpha value is -0.770. The summed E-state index contributed by atoms with van der Waals surface area (Å²) in [5.41, 5.74) is 0. The van der Waals surface area contributed by atoms with Gasteiger partial charge in [-0.1, -0.05) is 0 Å². The van der Waals surface area contributed by atoms with Gasteiger partial charge in [0.25, 0.3) is 0 Å². The van der Waals surface area contributed by atoms with E-state index in [4.69, 9.17) is 0 Å². The van der Waals surface area contributed by atoms with Gasteiger partial charge in [-0.05, 0) is 6.92 Å². The normalized spacial score (nSPS) is 8.25. The minimum absolute atomic E-state index is 0.368. The Morgan fingerprint density at radius 1 is 1.75 bits per heavy atom. The maximum absolute atomic E-state index is 10.1. The largest absolute Gasteiger partial charge is 0.438 e. The summed E-state index contributed by atoms with van der Waals surface area (Å²) >= 11 is 0. The fourth-order valence-corrected chi connectivity index (χ4v) is 0.154. The highest BCUT2D eigenvalue weighted by molar-refractivity contribution is 5.65. The molecule has 0 aliphatic heterocycles. The van der Waals surface area contributed by atoms with E-state index in [1.807, 2.05) is 0 Å². The Morgan fingerprint density at radius 2 is 2.38 bits per heavy atom. The zero-order valence-electron chi connectivity index (χ0n) is 4.93. The second kappa shape index (κ2) is 4.39. The molecule has 0 saturated heterocycles. The molecule has 0 aromatic heterocycles. The van der Waals surface area contributed by atoms with Crippen LogP contribution in [0, 0.1) is 0 Å². The third-order valence-corrected chi connectivity index (χ3v) is 0.457. The second-order valence-corrected chi connectivity index (χ2v) is 1.03. The van der Waals surface area contributed by atoms with Gasteiger partial charge in [0, 0.05) is 7.05 Å². The average molecular weight is 119 g/mol. The molecule has 0 rings (SSSR count). The molecule has 0 unspecified atom stereocenters. The van der Waals surface area contributed by atoms with Crippen LogP contribution in [-0.4, -0.2) is 19.7 Å². The van der Waals surface area contributed by atoms with Crippen molar-refractivity contribution in [3.8, 4) is 0 Å². The summed E-state index contributed by atoms with van der Waals surface area (Å²) < 4.78 is 0. The van der Waals surface area contributed by atoms with Crippen LogP contribution in [0.2, 0.25) is 0 Å². The Labute approximate surface area is 47.7 Å². The molecule has 0 heterocycles. The van der Waals surface area contributed by atoms with E-state index in [1.54, 1.807) is 6.92 Å². The highest BCUT2D eigenvalue weighted by Crippen LogP contribution is 1.76. The average Bonchev–Trinajstić information content (AvgIpc) is 1.83. The molecule has 0 aromatic rings. The number of carbonyl (C=O) groups is 1. The molecule has 48 valence electrons. The molecule has 0 fully saturated rings. The lowest BCUT2D eigenvalue weighted by molar-refractivity contribution is -0.234. The van der Waals surface area contributed by atoms with E-state index < -0.39 is 6.09 Å². The van der Waals surface area contributed by atoms with Gasteiger partial charge in [0.15, 0.2) is 0 Å². The van der Waals surface area contributed by atoms with Gasteiger partial charge < -0.3 is 5.32 Å². The molecule has 0 saturated carbocycles. The third-order valence-electron chi connectivity index (χ3n) is 0.457. The van der Waals surface area contributed by atoms with Crippen molar-refractivity contribution in [1.82, 2.24) is 5.32 Å². The summed E-state index contributed by atoms with van der Waals surface area (Å²) in [4.78, 5) is 18.5. The zero-order chi connectivity index (χ0) is 6.41. The molecule has 0 aliphatic carbocycles. The van der Waals surface area contributed by atoms with Crippen LogP contribution in [0.5, 0.6) is 0 Å². The maximum Gasteiger partial charge on any atom is 0.438 e. The van der Waals surface area contributed by atoms with E-state index in [0.29, 0.717) is 6.61 Å². The van der Waals surface area contributed by atoms with Gasteiger partial charge in [0.1, 0.15) is 0 Å². The lowest BCUT2D eigenvalue weighted by Gasteiger charge is -1.97. The molecule has 0 aromatic carbocycles. The summed E-state index contributed by atoms with van der Waals surface area (Å²) in [6.45, 7) is 2.09. The number of hydrogen-bond acceptors (Lipinski definition) is 3. The molecule has 1 N–H and O–H groups in total. The molecule has 0 atom stereocenters. The van der Waals surface area contributed by atoms with Crippen molar-refractivity contribution in [3.63, 3.8) is 0 Å². The Bertz CT molecular complexity index is 73.7. The van der Waals surface area contributed by atoms with Gasteiger partial charge in [0.05, 0.1) is 6.61 Å². The number of rotatable bonds is 2. The van der Waals surface area contributed by atoms with E-state index in [-0.39, 0.29) is 0 Å². The smallest absolute Gasteiger partial charge is 0.322 e. The fourth-order valence-electron chi connectivity index (χ4n) is 0.154. The first-order valence-electron chi connectivity index (χ1n) is 2.32. The molecule has 0 spiro atoms. The van der Waals surface area contributed by atoms with E-state index >= 15 is 0 Å². The predicted octanol–water partition coefficient (Wildman–Crippen LogP) is 0.294. The van der Waals surface area contributed by atoms with Crippen LogP contribution < -0.4 is 5.32 Å². The first-order chi connectivity index (χ1) is 3.81. The Kier molecular flexibility index (Phi) is 3.97. The molecule has 0 radical (unpaired) electrons. The van der Waals surface area contributed by atoms with E-state index in [2.05, 4.69) is 15.1 Å². The third kappa shape index (κ3) is 3.42. The van der Waals surface area contributed by atoms with E-state index in [0.717, 1.165) is 0 Å². The lowest BCUT2D eigenvalue weighted by atomic mass is 10.9. The first-order valence-corrected chi connectivity index (χ1v) is 2.32. The van der Waals surface area contributed by atoms with Crippen molar-refractivity contribution in [2.75, 3.05) is 13.7 Å². The van der Waals surface area contributed by atoms with Crippen molar-refractivity contribution >= 4 is 6.09 Å². The highest BCUT2D eigenvalue weighted by atomic mass is 17.2. The Balaban J connectivity index is 2.99. The summed E-state index contributed by atoms with van der Waals surface area (Å²) in [5.74, 6) is 0. The van der Waals surface area contributed by atoms with E-state index in [1.165, 1.54) is 7.05 Å². The topological polar surface area (TPSA) is 47.6 Å².